The average Bonchev–Trinajstić information content (AvgIpc) is 1.78. The third-order valence-electron chi connectivity index (χ3n) is 1.33. The second kappa shape index (κ2) is 4.32. The van der Waals surface area contributed by atoms with Crippen molar-refractivity contribution in [3.8, 4) is 0 Å². The Morgan fingerprint density at radius 2 is 1.90 bits per heavy atom. The van der Waals surface area contributed by atoms with E-state index in [1.165, 1.54) is 6.42 Å². The molecule has 0 saturated heterocycles. The van der Waals surface area contributed by atoms with Crippen LogP contribution < -0.4 is 0 Å². The van der Waals surface area contributed by atoms with E-state index in [9.17, 15) is 0 Å². The van der Waals surface area contributed by atoms with Crippen LogP contribution in [0.15, 0.2) is 24.8 Å². The van der Waals surface area contributed by atoms with Crippen molar-refractivity contribution >= 4 is 0 Å². The highest BCUT2D eigenvalue weighted by Gasteiger charge is 2.06. The van der Waals surface area contributed by atoms with Gasteiger partial charge in [0, 0.05) is 0 Å². The standard InChI is InChI=1S/C10H18/c1-5-6-7-8-9-10(2,3)4/h5-7H,1,8-9H2,2-4H3/b7-6+. The molecule has 0 aliphatic carbocycles. The summed E-state index contributed by atoms with van der Waals surface area (Å²) in [7, 11) is 0. The van der Waals surface area contributed by atoms with Gasteiger partial charge in [0.05, 0.1) is 0 Å². The second-order valence-electron chi connectivity index (χ2n) is 3.76. The van der Waals surface area contributed by atoms with Crippen molar-refractivity contribution in [1.82, 2.24) is 0 Å². The Bertz CT molecular complexity index is 112. The fraction of sp³-hybridized carbons (Fsp3) is 0.600. The van der Waals surface area contributed by atoms with Crippen molar-refractivity contribution in [2.24, 2.45) is 5.41 Å². The van der Waals surface area contributed by atoms with Crippen LogP contribution in [0.3, 0.4) is 0 Å². The topological polar surface area (TPSA) is 0 Å². The predicted octanol–water partition coefficient (Wildman–Crippen LogP) is 3.55. The minimum Gasteiger partial charge on any atom is -0.0991 e. The molecule has 0 spiro atoms. The zero-order valence-corrected chi connectivity index (χ0v) is 7.35. The highest BCUT2D eigenvalue weighted by Crippen LogP contribution is 2.20. The van der Waals surface area contributed by atoms with E-state index in [1.807, 2.05) is 12.2 Å². The van der Waals surface area contributed by atoms with Gasteiger partial charge in [-0.1, -0.05) is 45.6 Å². The van der Waals surface area contributed by atoms with E-state index in [4.69, 9.17) is 0 Å². The van der Waals surface area contributed by atoms with Crippen molar-refractivity contribution in [2.45, 2.75) is 33.6 Å². The van der Waals surface area contributed by atoms with Crippen molar-refractivity contribution in [2.75, 3.05) is 0 Å². The van der Waals surface area contributed by atoms with Crippen LogP contribution in [0.1, 0.15) is 33.6 Å². The second-order valence-corrected chi connectivity index (χ2v) is 3.76. The number of rotatable bonds is 3. The summed E-state index contributed by atoms with van der Waals surface area (Å²) in [6, 6.07) is 0. The molecule has 0 saturated carbocycles. The lowest BCUT2D eigenvalue weighted by atomic mass is 9.90. The smallest absolute Gasteiger partial charge is 0.0343 e. The first kappa shape index (κ1) is 9.48. The molecule has 0 N–H and O–H groups in total. The third-order valence-corrected chi connectivity index (χ3v) is 1.33. The first-order valence-corrected chi connectivity index (χ1v) is 3.84. The summed E-state index contributed by atoms with van der Waals surface area (Å²) in [4.78, 5) is 0. The average molecular weight is 138 g/mol. The molecular weight excluding hydrogens is 120 g/mol. The lowest BCUT2D eigenvalue weighted by Gasteiger charge is -2.15. The maximum Gasteiger partial charge on any atom is -0.0343 e. The van der Waals surface area contributed by atoms with Crippen molar-refractivity contribution < 1.29 is 0 Å². The van der Waals surface area contributed by atoms with Gasteiger partial charge in [0.1, 0.15) is 0 Å². The molecule has 0 heterocycles. The van der Waals surface area contributed by atoms with Gasteiger partial charge in [-0.3, -0.25) is 0 Å². The maximum atomic E-state index is 3.61. The van der Waals surface area contributed by atoms with Gasteiger partial charge in [0.2, 0.25) is 0 Å². The van der Waals surface area contributed by atoms with Crippen LogP contribution in [0.25, 0.3) is 0 Å². The molecular formula is C10H18. The molecule has 58 valence electrons. The molecule has 0 unspecified atom stereocenters. The molecule has 0 nitrogen and oxygen atoms in total. The molecule has 0 aliphatic heterocycles. The molecule has 0 radical (unpaired) electrons. The molecule has 0 aromatic carbocycles. The molecule has 0 atom stereocenters. The molecule has 0 aromatic rings. The van der Waals surface area contributed by atoms with Gasteiger partial charge in [-0.25, -0.2) is 0 Å². The van der Waals surface area contributed by atoms with Crippen LogP contribution in [0.2, 0.25) is 0 Å². The Morgan fingerprint density at radius 3 is 2.30 bits per heavy atom. The fourth-order valence-electron chi connectivity index (χ4n) is 0.709. The molecule has 0 fully saturated rings. The van der Waals surface area contributed by atoms with E-state index in [-0.39, 0.29) is 0 Å². The summed E-state index contributed by atoms with van der Waals surface area (Å²) in [6.07, 6.45) is 8.40. The SMILES string of the molecule is C=C/C=C/CCC(C)(C)C. The fourth-order valence-corrected chi connectivity index (χ4v) is 0.709. The van der Waals surface area contributed by atoms with Gasteiger partial charge in [0.15, 0.2) is 0 Å². The quantitative estimate of drug-likeness (QED) is 0.523. The van der Waals surface area contributed by atoms with Gasteiger partial charge in [0.25, 0.3) is 0 Å². The van der Waals surface area contributed by atoms with Gasteiger partial charge >= 0.3 is 0 Å². The highest BCUT2D eigenvalue weighted by atomic mass is 14.1. The number of hydrogen-bond acceptors (Lipinski definition) is 0. The molecule has 10 heavy (non-hydrogen) atoms. The van der Waals surface area contributed by atoms with Crippen LogP contribution >= 0.6 is 0 Å². The van der Waals surface area contributed by atoms with Crippen LogP contribution in [0.5, 0.6) is 0 Å². The molecule has 0 heteroatoms. The van der Waals surface area contributed by atoms with E-state index < -0.39 is 0 Å². The van der Waals surface area contributed by atoms with E-state index in [0.29, 0.717) is 5.41 Å². The van der Waals surface area contributed by atoms with Gasteiger partial charge in [-0.2, -0.15) is 0 Å². The number of allylic oxidation sites excluding steroid dienone is 3. The van der Waals surface area contributed by atoms with Crippen LogP contribution in [-0.4, -0.2) is 0 Å². The van der Waals surface area contributed by atoms with Crippen molar-refractivity contribution in [3.63, 3.8) is 0 Å². The Labute approximate surface area is 64.6 Å². The first-order valence-electron chi connectivity index (χ1n) is 3.84. The summed E-state index contributed by atoms with van der Waals surface area (Å²) >= 11 is 0. The Hall–Kier alpha value is -0.520. The van der Waals surface area contributed by atoms with Crippen LogP contribution in [-0.2, 0) is 0 Å². The monoisotopic (exact) mass is 138 g/mol. The highest BCUT2D eigenvalue weighted by molar-refractivity contribution is 4.97. The molecule has 0 bridgehead atoms. The van der Waals surface area contributed by atoms with Gasteiger partial charge < -0.3 is 0 Å². The lowest BCUT2D eigenvalue weighted by Crippen LogP contribution is -2.02. The summed E-state index contributed by atoms with van der Waals surface area (Å²) in [5.41, 5.74) is 0.464. The summed E-state index contributed by atoms with van der Waals surface area (Å²) in [5, 5.41) is 0. The van der Waals surface area contributed by atoms with Crippen molar-refractivity contribution in [3.05, 3.63) is 24.8 Å². The van der Waals surface area contributed by atoms with Crippen molar-refractivity contribution in [1.29, 1.82) is 0 Å². The lowest BCUT2D eigenvalue weighted by molar-refractivity contribution is 0.381. The molecule has 0 rings (SSSR count). The Morgan fingerprint density at radius 1 is 1.30 bits per heavy atom. The van der Waals surface area contributed by atoms with Gasteiger partial charge in [-0.05, 0) is 18.3 Å². The van der Waals surface area contributed by atoms with Crippen LogP contribution in [0, 0.1) is 5.41 Å². The Balaban J connectivity index is 3.37. The summed E-state index contributed by atoms with van der Waals surface area (Å²) < 4.78 is 0. The van der Waals surface area contributed by atoms with Gasteiger partial charge in [-0.15, -0.1) is 0 Å². The van der Waals surface area contributed by atoms with E-state index in [0.717, 1.165) is 6.42 Å². The van der Waals surface area contributed by atoms with E-state index in [1.54, 1.807) is 0 Å². The normalized spacial score (nSPS) is 12.3. The summed E-state index contributed by atoms with van der Waals surface area (Å²) in [6.45, 7) is 10.4. The minimum absolute atomic E-state index is 0.464. The van der Waals surface area contributed by atoms with E-state index in [2.05, 4.69) is 33.4 Å². The maximum absolute atomic E-state index is 3.61. The predicted molar refractivity (Wildman–Crippen MR) is 48.0 cm³/mol. The molecule has 0 amide bonds. The summed E-state index contributed by atoms with van der Waals surface area (Å²) in [5.74, 6) is 0. The first-order chi connectivity index (χ1) is 4.56. The number of hydrogen-bond donors (Lipinski definition) is 0. The minimum atomic E-state index is 0.464. The zero-order valence-electron chi connectivity index (χ0n) is 7.35. The van der Waals surface area contributed by atoms with Crippen LogP contribution in [0.4, 0.5) is 0 Å². The molecule has 0 aromatic heterocycles. The van der Waals surface area contributed by atoms with E-state index >= 15 is 0 Å². The molecule has 0 aliphatic rings. The zero-order chi connectivity index (χ0) is 8.04. The Kier molecular flexibility index (Phi) is 4.10. The third kappa shape index (κ3) is 7.48. The largest absolute Gasteiger partial charge is 0.0991 e.